The Labute approximate surface area is 131 Å². The zero-order valence-corrected chi connectivity index (χ0v) is 13.2. The van der Waals surface area contributed by atoms with Gasteiger partial charge in [0, 0.05) is 17.1 Å². The van der Waals surface area contributed by atoms with E-state index in [2.05, 4.69) is 30.4 Å². The van der Waals surface area contributed by atoms with E-state index in [0.29, 0.717) is 6.04 Å². The maximum Gasteiger partial charge on any atom is 0.119 e. The van der Waals surface area contributed by atoms with Gasteiger partial charge in [-0.15, -0.1) is 0 Å². The van der Waals surface area contributed by atoms with E-state index in [1.54, 1.807) is 7.11 Å². The molecule has 1 N–H and O–H groups in total. The van der Waals surface area contributed by atoms with Gasteiger partial charge in [-0.1, -0.05) is 29.8 Å². The lowest BCUT2D eigenvalue weighted by Crippen LogP contribution is -2.23. The smallest absolute Gasteiger partial charge is 0.119 e. The van der Waals surface area contributed by atoms with Crippen molar-refractivity contribution < 1.29 is 4.74 Å². The quantitative estimate of drug-likeness (QED) is 0.885. The third-order valence-corrected chi connectivity index (χ3v) is 4.47. The summed E-state index contributed by atoms with van der Waals surface area (Å²) in [5.41, 5.74) is 4.01. The lowest BCUT2D eigenvalue weighted by molar-refractivity contribution is 0.412. The molecule has 0 bridgehead atoms. The molecule has 21 heavy (non-hydrogen) atoms. The van der Waals surface area contributed by atoms with Crippen molar-refractivity contribution in [2.24, 2.45) is 0 Å². The number of hydrogen-bond donors (Lipinski definition) is 1. The first-order valence-electron chi connectivity index (χ1n) is 7.35. The van der Waals surface area contributed by atoms with E-state index in [4.69, 9.17) is 16.3 Å². The number of benzene rings is 2. The Morgan fingerprint density at radius 2 is 2.10 bits per heavy atom. The van der Waals surface area contributed by atoms with Gasteiger partial charge in [-0.2, -0.15) is 0 Å². The molecular weight excluding hydrogens is 282 g/mol. The SMILES string of the molecule is COc1ccc2c(c1)C(N[C@@H](C)c1cccc(Cl)c1)CC2. The molecule has 2 nitrogen and oxygen atoms in total. The van der Waals surface area contributed by atoms with Gasteiger partial charge >= 0.3 is 0 Å². The summed E-state index contributed by atoms with van der Waals surface area (Å²) in [6.45, 7) is 2.18. The van der Waals surface area contributed by atoms with Crippen LogP contribution in [0, 0.1) is 0 Å². The maximum absolute atomic E-state index is 6.08. The average Bonchev–Trinajstić information content (AvgIpc) is 2.89. The van der Waals surface area contributed by atoms with Gasteiger partial charge in [0.15, 0.2) is 0 Å². The van der Waals surface area contributed by atoms with Crippen LogP contribution in [-0.2, 0) is 6.42 Å². The summed E-state index contributed by atoms with van der Waals surface area (Å²) in [5.74, 6) is 0.929. The predicted molar refractivity (Wildman–Crippen MR) is 87.1 cm³/mol. The van der Waals surface area contributed by atoms with Crippen LogP contribution in [0.3, 0.4) is 0 Å². The van der Waals surface area contributed by atoms with Crippen LogP contribution in [-0.4, -0.2) is 7.11 Å². The van der Waals surface area contributed by atoms with Gasteiger partial charge < -0.3 is 10.1 Å². The van der Waals surface area contributed by atoms with E-state index in [1.165, 1.54) is 16.7 Å². The maximum atomic E-state index is 6.08. The first-order chi connectivity index (χ1) is 10.2. The van der Waals surface area contributed by atoms with Gasteiger partial charge in [-0.25, -0.2) is 0 Å². The van der Waals surface area contributed by atoms with Crippen molar-refractivity contribution in [1.29, 1.82) is 0 Å². The lowest BCUT2D eigenvalue weighted by atomic mass is 10.0. The van der Waals surface area contributed by atoms with Crippen LogP contribution in [0.25, 0.3) is 0 Å². The molecule has 2 atom stereocenters. The van der Waals surface area contributed by atoms with E-state index in [9.17, 15) is 0 Å². The second-order valence-corrected chi connectivity index (χ2v) is 6.04. The molecule has 1 aliphatic rings. The summed E-state index contributed by atoms with van der Waals surface area (Å²) in [6.07, 6.45) is 2.26. The minimum absolute atomic E-state index is 0.269. The molecule has 0 aromatic heterocycles. The van der Waals surface area contributed by atoms with Crippen LogP contribution in [0.2, 0.25) is 5.02 Å². The topological polar surface area (TPSA) is 21.3 Å². The van der Waals surface area contributed by atoms with Crippen LogP contribution < -0.4 is 10.1 Å². The molecule has 2 aromatic carbocycles. The number of fused-ring (bicyclic) bond motifs is 1. The highest BCUT2D eigenvalue weighted by Gasteiger charge is 2.24. The Hall–Kier alpha value is -1.51. The molecule has 3 rings (SSSR count). The fourth-order valence-corrected chi connectivity index (χ4v) is 3.25. The van der Waals surface area contributed by atoms with Gasteiger partial charge in [0.1, 0.15) is 5.75 Å². The van der Waals surface area contributed by atoms with Gasteiger partial charge in [-0.05, 0) is 60.7 Å². The molecule has 0 amide bonds. The molecule has 0 aliphatic heterocycles. The minimum atomic E-state index is 0.269. The van der Waals surface area contributed by atoms with Crippen LogP contribution >= 0.6 is 11.6 Å². The Bertz CT molecular complexity index is 641. The molecule has 0 radical (unpaired) electrons. The van der Waals surface area contributed by atoms with Crippen molar-refractivity contribution in [3.63, 3.8) is 0 Å². The zero-order valence-electron chi connectivity index (χ0n) is 12.4. The standard InChI is InChI=1S/C18H20ClNO/c1-12(14-4-3-5-15(19)10-14)20-18-9-7-13-6-8-16(21-2)11-17(13)18/h3-6,8,10-12,18,20H,7,9H2,1-2H3/t12-,18?/m0/s1. The highest BCUT2D eigenvalue weighted by Crippen LogP contribution is 2.35. The fraction of sp³-hybridized carbons (Fsp3) is 0.333. The highest BCUT2D eigenvalue weighted by molar-refractivity contribution is 6.30. The third kappa shape index (κ3) is 3.07. The summed E-state index contributed by atoms with van der Waals surface area (Å²) in [5, 5.41) is 4.50. The number of ether oxygens (including phenoxy) is 1. The molecule has 0 spiro atoms. The molecule has 0 saturated heterocycles. The van der Waals surface area contributed by atoms with Gasteiger partial charge in [0.2, 0.25) is 0 Å². The van der Waals surface area contributed by atoms with Crippen molar-refractivity contribution in [2.75, 3.05) is 7.11 Å². The first kappa shape index (κ1) is 14.4. The molecule has 110 valence electrons. The first-order valence-corrected chi connectivity index (χ1v) is 7.73. The summed E-state index contributed by atoms with van der Waals surface area (Å²) >= 11 is 6.08. The largest absolute Gasteiger partial charge is 0.497 e. The van der Waals surface area contributed by atoms with E-state index in [-0.39, 0.29) is 6.04 Å². The lowest BCUT2D eigenvalue weighted by Gasteiger charge is -2.21. The molecule has 1 unspecified atom stereocenters. The van der Waals surface area contributed by atoms with Crippen LogP contribution in [0.1, 0.15) is 42.1 Å². The van der Waals surface area contributed by atoms with Crippen LogP contribution in [0.15, 0.2) is 42.5 Å². The molecule has 3 heteroatoms. The average molecular weight is 302 g/mol. The van der Waals surface area contributed by atoms with E-state index >= 15 is 0 Å². The van der Waals surface area contributed by atoms with E-state index in [0.717, 1.165) is 23.6 Å². The van der Waals surface area contributed by atoms with E-state index in [1.807, 2.05) is 24.3 Å². The van der Waals surface area contributed by atoms with Crippen LogP contribution in [0.5, 0.6) is 5.75 Å². The summed E-state index contributed by atoms with van der Waals surface area (Å²) in [4.78, 5) is 0. The van der Waals surface area contributed by atoms with Crippen molar-refractivity contribution >= 4 is 11.6 Å². The summed E-state index contributed by atoms with van der Waals surface area (Å²) < 4.78 is 5.35. The number of methoxy groups -OCH3 is 1. The van der Waals surface area contributed by atoms with Crippen LogP contribution in [0.4, 0.5) is 0 Å². The molecule has 0 saturated carbocycles. The zero-order chi connectivity index (χ0) is 14.8. The fourth-order valence-electron chi connectivity index (χ4n) is 3.05. The van der Waals surface area contributed by atoms with Crippen molar-refractivity contribution in [1.82, 2.24) is 5.32 Å². The monoisotopic (exact) mass is 301 g/mol. The number of halogens is 1. The minimum Gasteiger partial charge on any atom is -0.497 e. The van der Waals surface area contributed by atoms with Crippen molar-refractivity contribution in [2.45, 2.75) is 31.8 Å². The Morgan fingerprint density at radius 1 is 1.24 bits per heavy atom. The van der Waals surface area contributed by atoms with Crippen molar-refractivity contribution in [3.05, 3.63) is 64.2 Å². The number of hydrogen-bond acceptors (Lipinski definition) is 2. The normalized spacial score (nSPS) is 18.3. The summed E-state index contributed by atoms with van der Waals surface area (Å²) in [6, 6.07) is 15.1. The molecule has 0 heterocycles. The number of aryl methyl sites for hydroxylation is 1. The Morgan fingerprint density at radius 3 is 2.86 bits per heavy atom. The van der Waals surface area contributed by atoms with Crippen molar-refractivity contribution in [3.8, 4) is 5.75 Å². The number of rotatable bonds is 4. The predicted octanol–water partition coefficient (Wildman–Crippen LogP) is 4.69. The molecule has 0 fully saturated rings. The van der Waals surface area contributed by atoms with E-state index < -0.39 is 0 Å². The second-order valence-electron chi connectivity index (χ2n) is 5.60. The Kier molecular flexibility index (Phi) is 4.18. The van der Waals surface area contributed by atoms with Gasteiger partial charge in [-0.3, -0.25) is 0 Å². The second kappa shape index (κ2) is 6.08. The number of nitrogens with one attached hydrogen (secondary N) is 1. The molecular formula is C18H20ClNO. The van der Waals surface area contributed by atoms with Gasteiger partial charge in [0.25, 0.3) is 0 Å². The highest BCUT2D eigenvalue weighted by atomic mass is 35.5. The van der Waals surface area contributed by atoms with Gasteiger partial charge in [0.05, 0.1) is 7.11 Å². The molecule has 2 aromatic rings. The third-order valence-electron chi connectivity index (χ3n) is 4.23. The Balaban J connectivity index is 1.78. The summed E-state index contributed by atoms with van der Waals surface area (Å²) in [7, 11) is 1.72. The molecule has 1 aliphatic carbocycles.